The zero-order valence-corrected chi connectivity index (χ0v) is 10.4. The topological polar surface area (TPSA) is 41.9 Å². The van der Waals surface area contributed by atoms with Crippen molar-refractivity contribution in [1.82, 2.24) is 15.0 Å². The molecule has 0 saturated carbocycles. The maximum Gasteiger partial charge on any atom is 0.132 e. The van der Waals surface area contributed by atoms with Gasteiger partial charge in [0.25, 0.3) is 0 Å². The highest BCUT2D eigenvalue weighted by Gasteiger charge is 2.05. The normalized spacial score (nSPS) is 10.3. The maximum absolute atomic E-state index is 4.42. The summed E-state index contributed by atoms with van der Waals surface area (Å²) < 4.78 is 0. The largest absolute Gasteiger partial charge is 0.355 e. The van der Waals surface area contributed by atoms with E-state index in [1.54, 1.807) is 6.20 Å². The molecule has 0 atom stereocenters. The Morgan fingerprint density at radius 3 is 2.71 bits per heavy atom. The molecule has 0 spiro atoms. The van der Waals surface area contributed by atoms with E-state index < -0.39 is 0 Å². The fourth-order valence-corrected chi connectivity index (χ4v) is 1.74. The summed E-state index contributed by atoms with van der Waals surface area (Å²) in [6.45, 7) is 4.69. The van der Waals surface area contributed by atoms with Crippen LogP contribution in [-0.2, 0) is 6.54 Å². The van der Waals surface area contributed by atoms with E-state index in [1.165, 1.54) is 5.56 Å². The quantitative estimate of drug-likeness (QED) is 0.807. The summed E-state index contributed by atoms with van der Waals surface area (Å²) in [7, 11) is 2.02. The van der Waals surface area contributed by atoms with Gasteiger partial charge in [0.1, 0.15) is 11.6 Å². The van der Waals surface area contributed by atoms with E-state index in [0.29, 0.717) is 0 Å². The van der Waals surface area contributed by atoms with Crippen LogP contribution in [0.2, 0.25) is 0 Å². The average Bonchev–Trinajstić information content (AvgIpc) is 2.29. The van der Waals surface area contributed by atoms with Gasteiger partial charge in [0.2, 0.25) is 0 Å². The Morgan fingerprint density at radius 2 is 2.06 bits per heavy atom. The molecule has 17 heavy (non-hydrogen) atoms. The fraction of sp³-hybridized carbons (Fsp3) is 0.308. The number of anilines is 1. The predicted molar refractivity (Wildman–Crippen MR) is 67.9 cm³/mol. The van der Waals surface area contributed by atoms with Gasteiger partial charge in [-0.2, -0.15) is 0 Å². The number of rotatable bonds is 3. The van der Waals surface area contributed by atoms with Gasteiger partial charge in [-0.15, -0.1) is 0 Å². The lowest BCUT2D eigenvalue weighted by Gasteiger charge is -2.18. The molecule has 0 unspecified atom stereocenters. The molecule has 4 nitrogen and oxygen atoms in total. The highest BCUT2D eigenvalue weighted by Crippen LogP contribution is 2.13. The third kappa shape index (κ3) is 3.00. The third-order valence-electron chi connectivity index (χ3n) is 2.49. The summed E-state index contributed by atoms with van der Waals surface area (Å²) in [6, 6.07) is 5.99. The van der Waals surface area contributed by atoms with Crippen molar-refractivity contribution in [3.05, 3.63) is 47.7 Å². The molecule has 0 aromatic carbocycles. The van der Waals surface area contributed by atoms with Gasteiger partial charge in [-0.05, 0) is 25.5 Å². The first kappa shape index (κ1) is 11.5. The van der Waals surface area contributed by atoms with Crippen LogP contribution >= 0.6 is 0 Å². The molecule has 2 aromatic rings. The monoisotopic (exact) mass is 228 g/mol. The van der Waals surface area contributed by atoms with Crippen molar-refractivity contribution in [2.24, 2.45) is 0 Å². The lowest BCUT2D eigenvalue weighted by Crippen LogP contribution is -2.18. The highest BCUT2D eigenvalue weighted by molar-refractivity contribution is 5.39. The minimum atomic E-state index is 0.795. The van der Waals surface area contributed by atoms with Crippen molar-refractivity contribution >= 4 is 5.82 Å². The number of pyridine rings is 1. The summed E-state index contributed by atoms with van der Waals surface area (Å²) in [5.74, 6) is 1.75. The number of aromatic nitrogens is 3. The van der Waals surface area contributed by atoms with Crippen molar-refractivity contribution in [2.45, 2.75) is 20.4 Å². The van der Waals surface area contributed by atoms with Gasteiger partial charge in [-0.1, -0.05) is 6.07 Å². The number of aryl methyl sites for hydroxylation is 2. The van der Waals surface area contributed by atoms with E-state index >= 15 is 0 Å². The molecule has 0 N–H and O–H groups in total. The van der Waals surface area contributed by atoms with Crippen LogP contribution in [0.1, 0.15) is 17.1 Å². The Hall–Kier alpha value is -1.97. The van der Waals surface area contributed by atoms with Gasteiger partial charge in [0.15, 0.2) is 0 Å². The Morgan fingerprint density at radius 1 is 1.24 bits per heavy atom. The number of hydrogen-bond acceptors (Lipinski definition) is 4. The number of nitrogens with zero attached hydrogens (tertiary/aromatic N) is 4. The first-order valence-corrected chi connectivity index (χ1v) is 5.57. The molecule has 0 aliphatic rings. The summed E-state index contributed by atoms with van der Waals surface area (Å²) in [5.41, 5.74) is 2.16. The van der Waals surface area contributed by atoms with E-state index in [4.69, 9.17) is 0 Å². The predicted octanol–water partition coefficient (Wildman–Crippen LogP) is 2.12. The molecule has 2 rings (SSSR count). The maximum atomic E-state index is 4.42. The smallest absolute Gasteiger partial charge is 0.132 e. The fourth-order valence-electron chi connectivity index (χ4n) is 1.74. The zero-order chi connectivity index (χ0) is 12.3. The lowest BCUT2D eigenvalue weighted by atomic mass is 10.2. The highest BCUT2D eigenvalue weighted by atomic mass is 15.2. The molecule has 0 bridgehead atoms. The van der Waals surface area contributed by atoms with Crippen LogP contribution in [0, 0.1) is 13.8 Å². The Labute approximate surface area is 101 Å². The zero-order valence-electron chi connectivity index (χ0n) is 10.4. The molecule has 0 radical (unpaired) electrons. The average molecular weight is 228 g/mol. The van der Waals surface area contributed by atoms with Crippen molar-refractivity contribution in [3.63, 3.8) is 0 Å². The van der Waals surface area contributed by atoms with Gasteiger partial charge in [0.05, 0.1) is 0 Å². The molecule has 0 amide bonds. The van der Waals surface area contributed by atoms with Crippen molar-refractivity contribution in [2.75, 3.05) is 11.9 Å². The van der Waals surface area contributed by atoms with E-state index in [-0.39, 0.29) is 0 Å². The molecule has 0 saturated heterocycles. The number of hydrogen-bond donors (Lipinski definition) is 0. The van der Waals surface area contributed by atoms with Gasteiger partial charge < -0.3 is 4.90 Å². The molecule has 0 fully saturated rings. The molecule has 0 aliphatic carbocycles. The second-order valence-electron chi connectivity index (χ2n) is 4.13. The van der Waals surface area contributed by atoms with Gasteiger partial charge >= 0.3 is 0 Å². The van der Waals surface area contributed by atoms with Gasteiger partial charge in [-0.25, -0.2) is 9.97 Å². The summed E-state index contributed by atoms with van der Waals surface area (Å²) in [4.78, 5) is 14.9. The van der Waals surface area contributed by atoms with Crippen LogP contribution in [0.5, 0.6) is 0 Å². The third-order valence-corrected chi connectivity index (χ3v) is 2.49. The molecule has 88 valence electrons. The van der Waals surface area contributed by atoms with Crippen molar-refractivity contribution < 1.29 is 0 Å². The van der Waals surface area contributed by atoms with Crippen LogP contribution in [-0.4, -0.2) is 22.0 Å². The summed E-state index contributed by atoms with van der Waals surface area (Å²) in [6.07, 6.45) is 3.65. The lowest BCUT2D eigenvalue weighted by molar-refractivity contribution is 0.868. The van der Waals surface area contributed by atoms with Crippen LogP contribution in [0.25, 0.3) is 0 Å². The molecule has 2 heterocycles. The van der Waals surface area contributed by atoms with Crippen molar-refractivity contribution in [1.29, 1.82) is 0 Å². The standard InChI is InChI=1S/C13H16N4/c1-10-7-13(16-11(2)15-10)17(3)9-12-5-4-6-14-8-12/h4-8H,9H2,1-3H3. The van der Waals surface area contributed by atoms with Crippen molar-refractivity contribution in [3.8, 4) is 0 Å². The van der Waals surface area contributed by atoms with E-state index in [2.05, 4.69) is 25.9 Å². The summed E-state index contributed by atoms with van der Waals surface area (Å²) in [5, 5.41) is 0. The molecular weight excluding hydrogens is 212 g/mol. The Kier molecular flexibility index (Phi) is 3.32. The van der Waals surface area contributed by atoms with Crippen LogP contribution < -0.4 is 4.90 Å². The van der Waals surface area contributed by atoms with Crippen LogP contribution in [0.3, 0.4) is 0 Å². The van der Waals surface area contributed by atoms with Gasteiger partial charge in [0, 0.05) is 37.7 Å². The molecule has 0 aliphatic heterocycles. The summed E-state index contributed by atoms with van der Waals surface area (Å²) >= 11 is 0. The van der Waals surface area contributed by atoms with Crippen LogP contribution in [0.15, 0.2) is 30.6 Å². The van der Waals surface area contributed by atoms with Gasteiger partial charge in [-0.3, -0.25) is 4.98 Å². The SMILES string of the molecule is Cc1cc(N(C)Cc2cccnc2)nc(C)n1. The first-order chi connectivity index (χ1) is 8.15. The van der Waals surface area contributed by atoms with Crippen LogP contribution in [0.4, 0.5) is 5.82 Å². The Balaban J connectivity index is 2.17. The molecule has 4 heteroatoms. The second-order valence-corrected chi connectivity index (χ2v) is 4.13. The molecule has 2 aromatic heterocycles. The second kappa shape index (κ2) is 4.91. The first-order valence-electron chi connectivity index (χ1n) is 5.57. The van der Waals surface area contributed by atoms with E-state index in [0.717, 1.165) is 23.9 Å². The minimum Gasteiger partial charge on any atom is -0.355 e. The molecular formula is C13H16N4. The van der Waals surface area contributed by atoms with E-state index in [1.807, 2.05) is 39.2 Å². The minimum absolute atomic E-state index is 0.795. The van der Waals surface area contributed by atoms with E-state index in [9.17, 15) is 0 Å². The Bertz CT molecular complexity index is 476.